The Morgan fingerprint density at radius 3 is 2.85 bits per heavy atom. The predicted molar refractivity (Wildman–Crippen MR) is 86.2 cm³/mol. The Balaban J connectivity index is 1.90. The van der Waals surface area contributed by atoms with Crippen LogP contribution in [0, 0.1) is 0 Å². The molecule has 110 valence electrons. The van der Waals surface area contributed by atoms with Gasteiger partial charge in [-0.1, -0.05) is 35.3 Å². The lowest BCUT2D eigenvalue weighted by Gasteiger charge is -2.45. The number of nitrogens with one attached hydrogen (secondary N) is 1. The smallest absolute Gasteiger partial charge is 0.126 e. The molecule has 1 heterocycles. The Hall–Kier alpha value is -0.540. The summed E-state index contributed by atoms with van der Waals surface area (Å²) < 4.78 is 7.59. The Bertz CT molecular complexity index is 468. The molecule has 0 saturated heterocycles. The molecule has 1 aliphatic heterocycles. The highest BCUT2D eigenvalue weighted by atomic mass is 79.9. The molecule has 1 aromatic carbocycles. The molecule has 2 nitrogen and oxygen atoms in total. The van der Waals surface area contributed by atoms with Crippen molar-refractivity contribution in [2.45, 2.75) is 63.5 Å². The van der Waals surface area contributed by atoms with Crippen LogP contribution in [0.2, 0.25) is 0 Å². The van der Waals surface area contributed by atoms with Crippen LogP contribution in [0.15, 0.2) is 22.7 Å². The maximum atomic E-state index is 6.48. The lowest BCUT2D eigenvalue weighted by atomic mass is 9.77. The highest BCUT2D eigenvalue weighted by molar-refractivity contribution is 9.10. The van der Waals surface area contributed by atoms with Crippen LogP contribution in [-0.4, -0.2) is 12.1 Å². The van der Waals surface area contributed by atoms with Crippen LogP contribution in [0.4, 0.5) is 0 Å². The van der Waals surface area contributed by atoms with Crippen molar-refractivity contribution in [3.63, 3.8) is 0 Å². The van der Waals surface area contributed by atoms with Crippen molar-refractivity contribution in [2.75, 3.05) is 6.54 Å². The van der Waals surface area contributed by atoms with Gasteiger partial charge in [-0.15, -0.1) is 0 Å². The van der Waals surface area contributed by atoms with Gasteiger partial charge in [-0.2, -0.15) is 0 Å². The van der Waals surface area contributed by atoms with Crippen LogP contribution < -0.4 is 10.1 Å². The molecule has 0 aromatic heterocycles. The van der Waals surface area contributed by atoms with E-state index in [4.69, 9.17) is 4.74 Å². The van der Waals surface area contributed by atoms with Gasteiger partial charge in [-0.3, -0.25) is 0 Å². The van der Waals surface area contributed by atoms with E-state index in [-0.39, 0.29) is 5.60 Å². The molecule has 1 atom stereocenters. The summed E-state index contributed by atoms with van der Waals surface area (Å²) in [6.07, 6.45) is 8.71. The van der Waals surface area contributed by atoms with Gasteiger partial charge in [0, 0.05) is 22.5 Å². The number of halogens is 1. The van der Waals surface area contributed by atoms with Crippen molar-refractivity contribution in [3.05, 3.63) is 28.2 Å². The largest absolute Gasteiger partial charge is 0.487 e. The summed E-state index contributed by atoms with van der Waals surface area (Å²) in [6, 6.07) is 6.93. The minimum absolute atomic E-state index is 0.0808. The Morgan fingerprint density at radius 2 is 2.10 bits per heavy atom. The van der Waals surface area contributed by atoms with Gasteiger partial charge < -0.3 is 10.1 Å². The van der Waals surface area contributed by atoms with Gasteiger partial charge in [0.05, 0.1) is 0 Å². The molecule has 1 N–H and O–H groups in total. The topological polar surface area (TPSA) is 21.3 Å². The molecule has 0 radical (unpaired) electrons. The number of fused-ring (bicyclic) bond motifs is 1. The van der Waals surface area contributed by atoms with Crippen LogP contribution >= 0.6 is 15.9 Å². The first-order valence-electron chi connectivity index (χ1n) is 7.94. The van der Waals surface area contributed by atoms with Gasteiger partial charge in [0.15, 0.2) is 0 Å². The Kier molecular flexibility index (Phi) is 4.37. The Labute approximate surface area is 130 Å². The third-order valence-electron chi connectivity index (χ3n) is 4.66. The van der Waals surface area contributed by atoms with Gasteiger partial charge in [-0.05, 0) is 50.8 Å². The number of ether oxygens (including phenoxy) is 1. The van der Waals surface area contributed by atoms with Crippen molar-refractivity contribution < 1.29 is 4.74 Å². The van der Waals surface area contributed by atoms with Crippen LogP contribution in [-0.2, 0) is 0 Å². The quantitative estimate of drug-likeness (QED) is 0.840. The zero-order valence-corrected chi connectivity index (χ0v) is 13.8. The SMILES string of the molecule is CCCNC1CC2(CCCCC2)Oc2cc(Br)ccc21. The summed E-state index contributed by atoms with van der Waals surface area (Å²) in [5.74, 6) is 1.08. The molecule has 3 heteroatoms. The first kappa shape index (κ1) is 14.4. The monoisotopic (exact) mass is 337 g/mol. The van der Waals surface area contributed by atoms with E-state index in [2.05, 4.69) is 46.4 Å². The maximum absolute atomic E-state index is 6.48. The van der Waals surface area contributed by atoms with E-state index in [0.717, 1.165) is 23.2 Å². The van der Waals surface area contributed by atoms with Crippen LogP contribution in [0.25, 0.3) is 0 Å². The number of hydrogen-bond donors (Lipinski definition) is 1. The van der Waals surface area contributed by atoms with Crippen LogP contribution in [0.5, 0.6) is 5.75 Å². The molecule has 1 spiro atoms. The van der Waals surface area contributed by atoms with E-state index >= 15 is 0 Å². The fourth-order valence-corrected chi connectivity index (χ4v) is 3.98. The lowest BCUT2D eigenvalue weighted by molar-refractivity contribution is -0.00266. The average Bonchev–Trinajstić information content (AvgIpc) is 2.45. The molecule has 1 aliphatic carbocycles. The van der Waals surface area contributed by atoms with E-state index in [1.807, 2.05) is 0 Å². The molecule has 1 unspecified atom stereocenters. The first-order valence-corrected chi connectivity index (χ1v) is 8.74. The second kappa shape index (κ2) is 6.07. The van der Waals surface area contributed by atoms with E-state index in [1.54, 1.807) is 0 Å². The van der Waals surface area contributed by atoms with Crippen LogP contribution in [0.1, 0.15) is 63.5 Å². The molecule has 1 saturated carbocycles. The maximum Gasteiger partial charge on any atom is 0.126 e. The highest BCUT2D eigenvalue weighted by Crippen LogP contribution is 2.46. The summed E-state index contributed by atoms with van der Waals surface area (Å²) in [5.41, 5.74) is 1.41. The number of hydrogen-bond acceptors (Lipinski definition) is 2. The van der Waals surface area contributed by atoms with Gasteiger partial charge >= 0.3 is 0 Å². The van der Waals surface area contributed by atoms with Crippen molar-refractivity contribution in [1.29, 1.82) is 0 Å². The standard InChI is InChI=1S/C17H24BrNO/c1-2-10-19-15-12-17(8-4-3-5-9-17)20-16-11-13(18)6-7-14(15)16/h6-7,11,15,19H,2-5,8-10,12H2,1H3. The third-order valence-corrected chi connectivity index (χ3v) is 5.15. The highest BCUT2D eigenvalue weighted by Gasteiger charge is 2.41. The lowest BCUT2D eigenvalue weighted by Crippen LogP contribution is -2.45. The number of rotatable bonds is 3. The van der Waals surface area contributed by atoms with Crippen molar-refractivity contribution in [1.82, 2.24) is 5.32 Å². The minimum atomic E-state index is 0.0808. The second-order valence-corrected chi connectivity index (χ2v) is 7.15. The van der Waals surface area contributed by atoms with Crippen molar-refractivity contribution in [3.8, 4) is 5.75 Å². The van der Waals surface area contributed by atoms with Gasteiger partial charge in [0.2, 0.25) is 0 Å². The number of benzene rings is 1. The van der Waals surface area contributed by atoms with Crippen molar-refractivity contribution in [2.24, 2.45) is 0 Å². The predicted octanol–water partition coefficient (Wildman–Crippen LogP) is 4.98. The summed E-state index contributed by atoms with van der Waals surface area (Å²) in [4.78, 5) is 0. The molecule has 2 aliphatic rings. The molecular formula is C17H24BrNO. The fourth-order valence-electron chi connectivity index (χ4n) is 3.64. The first-order chi connectivity index (χ1) is 9.72. The van der Waals surface area contributed by atoms with E-state index in [1.165, 1.54) is 44.1 Å². The van der Waals surface area contributed by atoms with E-state index in [0.29, 0.717) is 6.04 Å². The Morgan fingerprint density at radius 1 is 1.30 bits per heavy atom. The summed E-state index contributed by atoms with van der Waals surface area (Å²) in [5, 5.41) is 3.72. The van der Waals surface area contributed by atoms with Gasteiger partial charge in [-0.25, -0.2) is 0 Å². The molecule has 20 heavy (non-hydrogen) atoms. The summed E-state index contributed by atoms with van der Waals surface area (Å²) >= 11 is 3.58. The normalized spacial score (nSPS) is 24.2. The molecule has 1 aromatic rings. The van der Waals surface area contributed by atoms with Gasteiger partial charge in [0.25, 0.3) is 0 Å². The molecular weight excluding hydrogens is 314 g/mol. The van der Waals surface area contributed by atoms with Gasteiger partial charge in [0.1, 0.15) is 11.4 Å². The fraction of sp³-hybridized carbons (Fsp3) is 0.647. The zero-order chi connectivity index (χ0) is 14.0. The molecule has 3 rings (SSSR count). The molecule has 1 fully saturated rings. The second-order valence-electron chi connectivity index (χ2n) is 6.24. The average molecular weight is 338 g/mol. The third kappa shape index (κ3) is 2.89. The summed E-state index contributed by atoms with van der Waals surface area (Å²) in [6.45, 7) is 3.31. The van der Waals surface area contributed by atoms with E-state index < -0.39 is 0 Å². The van der Waals surface area contributed by atoms with Crippen LogP contribution in [0.3, 0.4) is 0 Å². The zero-order valence-electron chi connectivity index (χ0n) is 12.3. The minimum Gasteiger partial charge on any atom is -0.487 e. The van der Waals surface area contributed by atoms with Crippen molar-refractivity contribution >= 4 is 15.9 Å². The molecule has 0 amide bonds. The van der Waals surface area contributed by atoms with E-state index in [9.17, 15) is 0 Å². The molecule has 0 bridgehead atoms. The summed E-state index contributed by atoms with van der Waals surface area (Å²) in [7, 11) is 0.